The van der Waals surface area contributed by atoms with Crippen LogP contribution in [0.3, 0.4) is 0 Å². The molecule has 1 amide bonds. The Morgan fingerprint density at radius 1 is 1.00 bits per heavy atom. The molecule has 1 saturated carbocycles. The maximum absolute atomic E-state index is 12.6. The fourth-order valence-corrected chi connectivity index (χ4v) is 5.05. The van der Waals surface area contributed by atoms with Crippen LogP contribution in [0, 0.1) is 0 Å². The van der Waals surface area contributed by atoms with Crippen LogP contribution in [-0.2, 0) is 14.3 Å². The summed E-state index contributed by atoms with van der Waals surface area (Å²) in [6.07, 6.45) is 5.13. The van der Waals surface area contributed by atoms with Crippen LogP contribution in [0.2, 0.25) is 0 Å². The molecule has 3 rings (SSSR count). The van der Waals surface area contributed by atoms with Gasteiger partial charge < -0.3 is 9.47 Å². The second-order valence-electron chi connectivity index (χ2n) is 6.28. The summed E-state index contributed by atoms with van der Waals surface area (Å²) >= 11 is 1.66. The van der Waals surface area contributed by atoms with Crippen molar-refractivity contribution in [1.82, 2.24) is 0 Å². The Morgan fingerprint density at radius 2 is 1.56 bits per heavy atom. The lowest BCUT2D eigenvalue weighted by molar-refractivity contribution is -0.116. The highest BCUT2D eigenvalue weighted by Gasteiger charge is 2.47. The Hall–Kier alpha value is -2.02. The van der Waals surface area contributed by atoms with Crippen LogP contribution < -0.4 is 4.90 Å². The van der Waals surface area contributed by atoms with Gasteiger partial charge in [-0.3, -0.25) is 9.69 Å². The SMILES string of the molecule is COC(=O)c1cc(C(=O)OC)cc(N2C(=O)CSC23CCCCC3)c1. The van der Waals surface area contributed by atoms with Crippen LogP contribution in [0.15, 0.2) is 18.2 Å². The van der Waals surface area contributed by atoms with Gasteiger partial charge in [-0.25, -0.2) is 9.59 Å². The topological polar surface area (TPSA) is 72.9 Å². The number of hydrogen-bond acceptors (Lipinski definition) is 6. The Bertz CT molecular complexity index is 677. The van der Waals surface area contributed by atoms with Crippen molar-refractivity contribution in [1.29, 1.82) is 0 Å². The molecule has 1 aliphatic carbocycles. The van der Waals surface area contributed by atoms with Crippen LogP contribution in [0.25, 0.3) is 0 Å². The fourth-order valence-electron chi connectivity index (χ4n) is 3.62. The van der Waals surface area contributed by atoms with E-state index < -0.39 is 11.9 Å². The van der Waals surface area contributed by atoms with E-state index in [4.69, 9.17) is 9.47 Å². The van der Waals surface area contributed by atoms with Crippen molar-refractivity contribution in [3.8, 4) is 0 Å². The first-order valence-corrected chi connectivity index (χ1v) is 9.28. The van der Waals surface area contributed by atoms with Gasteiger partial charge in [0, 0.05) is 5.69 Å². The predicted octanol–water partition coefficient (Wildman–Crippen LogP) is 3.00. The van der Waals surface area contributed by atoms with Crippen LogP contribution in [0.5, 0.6) is 0 Å². The average Bonchev–Trinajstić information content (AvgIpc) is 2.96. The summed E-state index contributed by atoms with van der Waals surface area (Å²) in [5, 5.41) is 0. The minimum absolute atomic E-state index is 0.00438. The van der Waals surface area contributed by atoms with Crippen molar-refractivity contribution < 1.29 is 23.9 Å². The van der Waals surface area contributed by atoms with Crippen molar-refractivity contribution in [2.45, 2.75) is 37.0 Å². The maximum Gasteiger partial charge on any atom is 0.337 e. The number of rotatable bonds is 3. The minimum atomic E-state index is -0.552. The van der Waals surface area contributed by atoms with E-state index in [1.807, 2.05) is 0 Å². The van der Waals surface area contributed by atoms with Crippen LogP contribution in [0.1, 0.15) is 52.8 Å². The summed E-state index contributed by atoms with van der Waals surface area (Å²) < 4.78 is 9.57. The number of carbonyl (C=O) groups excluding carboxylic acids is 3. The number of hydrogen-bond donors (Lipinski definition) is 0. The average molecular weight is 363 g/mol. The number of methoxy groups -OCH3 is 2. The molecule has 0 radical (unpaired) electrons. The molecule has 0 aromatic heterocycles. The molecule has 0 bridgehead atoms. The zero-order valence-electron chi connectivity index (χ0n) is 14.4. The smallest absolute Gasteiger partial charge is 0.337 e. The maximum atomic E-state index is 12.6. The van der Waals surface area contributed by atoms with Gasteiger partial charge in [-0.2, -0.15) is 0 Å². The molecule has 0 unspecified atom stereocenters. The van der Waals surface area contributed by atoms with Crippen molar-refractivity contribution in [2.75, 3.05) is 24.9 Å². The largest absolute Gasteiger partial charge is 0.465 e. The molecular formula is C18H21NO5S. The molecule has 6 nitrogen and oxygen atoms in total. The van der Waals surface area contributed by atoms with E-state index in [-0.39, 0.29) is 21.9 Å². The monoisotopic (exact) mass is 363 g/mol. The lowest BCUT2D eigenvalue weighted by Gasteiger charge is -2.40. The third-order valence-electron chi connectivity index (χ3n) is 4.77. The van der Waals surface area contributed by atoms with Gasteiger partial charge in [-0.05, 0) is 31.0 Å². The summed E-state index contributed by atoms with van der Waals surface area (Å²) in [4.78, 5) is 38.1. The standard InChI is InChI=1S/C18H21NO5S/c1-23-16(21)12-8-13(17(22)24-2)10-14(9-12)19-15(20)11-25-18(19)6-4-3-5-7-18/h8-10H,3-7,11H2,1-2H3. The number of ether oxygens (including phenoxy) is 2. The zero-order valence-corrected chi connectivity index (χ0v) is 15.2. The molecule has 1 spiro atoms. The van der Waals surface area contributed by atoms with E-state index in [1.165, 1.54) is 26.7 Å². The highest BCUT2D eigenvalue weighted by Crippen LogP contribution is 2.49. The molecular weight excluding hydrogens is 342 g/mol. The van der Waals surface area contributed by atoms with E-state index >= 15 is 0 Å². The molecule has 134 valence electrons. The molecule has 7 heteroatoms. The molecule has 0 N–H and O–H groups in total. The van der Waals surface area contributed by atoms with Crippen molar-refractivity contribution in [3.63, 3.8) is 0 Å². The normalized spacial score (nSPS) is 19.1. The predicted molar refractivity (Wildman–Crippen MR) is 94.9 cm³/mol. The summed E-state index contributed by atoms with van der Waals surface area (Å²) in [5.74, 6) is -0.687. The first-order chi connectivity index (χ1) is 12.0. The Morgan fingerprint density at radius 3 is 2.08 bits per heavy atom. The fraction of sp³-hybridized carbons (Fsp3) is 0.500. The van der Waals surface area contributed by atoms with Gasteiger partial charge in [-0.15, -0.1) is 11.8 Å². The van der Waals surface area contributed by atoms with Gasteiger partial charge in [0.05, 0.1) is 36.0 Å². The van der Waals surface area contributed by atoms with Crippen molar-refractivity contribution in [3.05, 3.63) is 29.3 Å². The third kappa shape index (κ3) is 3.25. The molecule has 1 aromatic rings. The first kappa shape index (κ1) is 17.8. The molecule has 1 saturated heterocycles. The number of amides is 1. The Kier molecular flexibility index (Phi) is 5.03. The van der Waals surface area contributed by atoms with Crippen molar-refractivity contribution >= 4 is 35.3 Å². The van der Waals surface area contributed by atoms with Crippen LogP contribution >= 0.6 is 11.8 Å². The molecule has 1 aliphatic heterocycles. The van der Waals surface area contributed by atoms with Gasteiger partial charge in [-0.1, -0.05) is 19.3 Å². The van der Waals surface area contributed by atoms with Crippen LogP contribution in [0.4, 0.5) is 5.69 Å². The Balaban J connectivity index is 2.09. The van der Waals surface area contributed by atoms with E-state index in [0.717, 1.165) is 25.7 Å². The van der Waals surface area contributed by atoms with E-state index in [9.17, 15) is 14.4 Å². The third-order valence-corrected chi connectivity index (χ3v) is 6.29. The lowest BCUT2D eigenvalue weighted by Crippen LogP contribution is -2.46. The first-order valence-electron chi connectivity index (χ1n) is 8.29. The van der Waals surface area contributed by atoms with Crippen LogP contribution in [-0.4, -0.2) is 42.7 Å². The summed E-state index contributed by atoms with van der Waals surface area (Å²) in [6.45, 7) is 0. The van der Waals surface area contributed by atoms with Crippen molar-refractivity contribution in [2.24, 2.45) is 0 Å². The van der Waals surface area contributed by atoms with Gasteiger partial charge in [0.2, 0.25) is 5.91 Å². The van der Waals surface area contributed by atoms with E-state index in [0.29, 0.717) is 11.4 Å². The molecule has 1 aromatic carbocycles. The zero-order chi connectivity index (χ0) is 18.0. The van der Waals surface area contributed by atoms with Gasteiger partial charge >= 0.3 is 11.9 Å². The number of benzene rings is 1. The van der Waals surface area contributed by atoms with E-state index in [2.05, 4.69) is 0 Å². The number of anilines is 1. The second-order valence-corrected chi connectivity index (χ2v) is 7.61. The quantitative estimate of drug-likeness (QED) is 0.769. The number of thioether (sulfide) groups is 1. The summed E-state index contributed by atoms with van der Waals surface area (Å²) in [5.41, 5.74) is 1.02. The lowest BCUT2D eigenvalue weighted by atomic mass is 9.92. The minimum Gasteiger partial charge on any atom is -0.465 e. The molecule has 25 heavy (non-hydrogen) atoms. The Labute approximate surface area is 150 Å². The highest BCUT2D eigenvalue weighted by molar-refractivity contribution is 8.02. The van der Waals surface area contributed by atoms with Gasteiger partial charge in [0.1, 0.15) is 0 Å². The molecule has 2 aliphatic rings. The molecule has 2 fully saturated rings. The number of esters is 2. The van der Waals surface area contributed by atoms with E-state index in [1.54, 1.807) is 28.8 Å². The number of nitrogens with zero attached hydrogens (tertiary/aromatic N) is 1. The summed E-state index contributed by atoms with van der Waals surface area (Å²) in [7, 11) is 2.57. The molecule has 1 heterocycles. The van der Waals surface area contributed by atoms with Gasteiger partial charge in [0.15, 0.2) is 0 Å². The summed E-state index contributed by atoms with van der Waals surface area (Å²) in [6, 6.07) is 4.68. The second kappa shape index (κ2) is 7.07. The van der Waals surface area contributed by atoms with Gasteiger partial charge in [0.25, 0.3) is 0 Å². The highest BCUT2D eigenvalue weighted by atomic mass is 32.2. The number of carbonyl (C=O) groups is 3. The molecule has 0 atom stereocenters.